The van der Waals surface area contributed by atoms with Gasteiger partial charge in [-0.2, -0.15) is 0 Å². The van der Waals surface area contributed by atoms with E-state index in [2.05, 4.69) is 19.9 Å². The molecule has 0 aromatic carbocycles. The molecule has 2 aromatic heterocycles. The second-order valence-electron chi connectivity index (χ2n) is 3.47. The van der Waals surface area contributed by atoms with E-state index in [0.29, 0.717) is 0 Å². The topological polar surface area (TPSA) is 177 Å². The van der Waals surface area contributed by atoms with Gasteiger partial charge in [0.2, 0.25) is 11.6 Å². The van der Waals surface area contributed by atoms with E-state index in [1.807, 2.05) is 4.72 Å². The Morgan fingerprint density at radius 3 is 2.47 bits per heavy atom. The average Bonchev–Trinajstić information content (AvgIpc) is 2.61. The maximum absolute atomic E-state index is 12.0. The van der Waals surface area contributed by atoms with Crippen LogP contribution in [0.4, 0.5) is 11.6 Å². The van der Waals surface area contributed by atoms with Gasteiger partial charge in [0.05, 0.1) is 0 Å². The van der Waals surface area contributed by atoms with Crippen molar-refractivity contribution in [1.82, 2.24) is 20.3 Å². The summed E-state index contributed by atoms with van der Waals surface area (Å²) in [6.45, 7) is 1.26. The van der Waals surface area contributed by atoms with Crippen molar-refractivity contribution in [2.75, 3.05) is 10.5 Å². The largest absolute Gasteiger partial charge is 0.378 e. The standard InChI is InChI=1S/C7H8N6O5S/c1-2-3(6(14)10-7(15)9-2)19(16,17)13-5-4(8)11-18-12-5/h1H3,(H2,8,11)(H,12,13)(H2,9,10,14,15). The molecule has 0 atom stereocenters. The van der Waals surface area contributed by atoms with Crippen LogP contribution in [0.25, 0.3) is 0 Å². The van der Waals surface area contributed by atoms with Crippen molar-refractivity contribution < 1.29 is 13.0 Å². The van der Waals surface area contributed by atoms with Crippen LogP contribution in [0, 0.1) is 6.92 Å². The maximum Gasteiger partial charge on any atom is 0.325 e. The smallest absolute Gasteiger partial charge is 0.325 e. The van der Waals surface area contributed by atoms with E-state index >= 15 is 0 Å². The van der Waals surface area contributed by atoms with Gasteiger partial charge in [-0.05, 0) is 17.2 Å². The van der Waals surface area contributed by atoms with Crippen molar-refractivity contribution in [2.24, 2.45) is 0 Å². The Labute approximate surface area is 104 Å². The third-order valence-electron chi connectivity index (χ3n) is 2.09. The highest BCUT2D eigenvalue weighted by Crippen LogP contribution is 2.16. The summed E-state index contributed by atoms with van der Waals surface area (Å²) in [4.78, 5) is 25.8. The summed E-state index contributed by atoms with van der Waals surface area (Å²) in [6, 6.07) is 0. The number of aromatic nitrogens is 4. The van der Waals surface area contributed by atoms with Gasteiger partial charge >= 0.3 is 5.69 Å². The number of anilines is 2. The number of nitrogens with zero attached hydrogens (tertiary/aromatic N) is 2. The van der Waals surface area contributed by atoms with Gasteiger partial charge in [-0.25, -0.2) is 17.8 Å². The third-order valence-corrected chi connectivity index (χ3v) is 3.58. The highest BCUT2D eigenvalue weighted by Gasteiger charge is 2.24. The molecule has 0 radical (unpaired) electrons. The first-order chi connectivity index (χ1) is 8.81. The van der Waals surface area contributed by atoms with Gasteiger partial charge in [0.1, 0.15) is 0 Å². The molecule has 2 aromatic rings. The van der Waals surface area contributed by atoms with E-state index in [9.17, 15) is 18.0 Å². The van der Waals surface area contributed by atoms with Gasteiger partial charge in [0, 0.05) is 5.69 Å². The predicted molar refractivity (Wildman–Crippen MR) is 61.9 cm³/mol. The second kappa shape index (κ2) is 4.24. The molecule has 0 fully saturated rings. The molecule has 0 saturated heterocycles. The summed E-state index contributed by atoms with van der Waals surface area (Å²) in [5, 5.41) is 6.39. The molecule has 0 bridgehead atoms. The lowest BCUT2D eigenvalue weighted by molar-refractivity contribution is 0.311. The summed E-state index contributed by atoms with van der Waals surface area (Å²) in [6.07, 6.45) is 0. The molecule has 2 rings (SSSR count). The Morgan fingerprint density at radius 1 is 1.26 bits per heavy atom. The van der Waals surface area contributed by atoms with E-state index in [0.717, 1.165) is 0 Å². The lowest BCUT2D eigenvalue weighted by atomic mass is 10.4. The first kappa shape index (κ1) is 12.8. The van der Waals surface area contributed by atoms with E-state index in [1.54, 1.807) is 4.98 Å². The molecule has 0 saturated carbocycles. The fourth-order valence-corrected chi connectivity index (χ4v) is 2.60. The molecule has 0 amide bonds. The predicted octanol–water partition coefficient (Wildman–Crippen LogP) is -1.86. The van der Waals surface area contributed by atoms with Crippen LogP contribution in [-0.2, 0) is 10.0 Å². The molecule has 0 aliphatic heterocycles. The number of aryl methyl sites for hydroxylation is 1. The highest BCUT2D eigenvalue weighted by atomic mass is 32.2. The molecule has 0 unspecified atom stereocenters. The van der Waals surface area contributed by atoms with Gasteiger partial charge in [-0.3, -0.25) is 14.5 Å². The van der Waals surface area contributed by atoms with Gasteiger partial charge in [0.15, 0.2) is 4.90 Å². The van der Waals surface area contributed by atoms with E-state index in [-0.39, 0.29) is 17.3 Å². The number of nitrogens with one attached hydrogen (secondary N) is 3. The van der Waals surface area contributed by atoms with Crippen molar-refractivity contribution in [3.63, 3.8) is 0 Å². The van der Waals surface area contributed by atoms with Crippen LogP contribution in [0.2, 0.25) is 0 Å². The number of nitrogen functional groups attached to an aromatic ring is 1. The van der Waals surface area contributed by atoms with Crippen LogP contribution < -0.4 is 21.7 Å². The minimum Gasteiger partial charge on any atom is -0.378 e. The van der Waals surface area contributed by atoms with Crippen molar-refractivity contribution in [3.05, 3.63) is 26.5 Å². The fraction of sp³-hybridized carbons (Fsp3) is 0.143. The van der Waals surface area contributed by atoms with Crippen LogP contribution >= 0.6 is 0 Å². The van der Waals surface area contributed by atoms with Crippen molar-refractivity contribution in [3.8, 4) is 0 Å². The zero-order valence-electron chi connectivity index (χ0n) is 9.42. The molecule has 0 spiro atoms. The number of aromatic amines is 2. The lowest BCUT2D eigenvalue weighted by Gasteiger charge is -2.06. The molecule has 11 nitrogen and oxygen atoms in total. The van der Waals surface area contributed by atoms with Crippen LogP contribution in [0.5, 0.6) is 0 Å². The van der Waals surface area contributed by atoms with E-state index < -0.39 is 26.2 Å². The van der Waals surface area contributed by atoms with Crippen LogP contribution in [0.1, 0.15) is 5.69 Å². The van der Waals surface area contributed by atoms with Crippen LogP contribution in [0.15, 0.2) is 19.1 Å². The third kappa shape index (κ3) is 2.33. The van der Waals surface area contributed by atoms with Crippen molar-refractivity contribution >= 4 is 21.7 Å². The number of hydrogen-bond donors (Lipinski definition) is 4. The highest BCUT2D eigenvalue weighted by molar-refractivity contribution is 7.92. The number of rotatable bonds is 3. The molecule has 102 valence electrons. The quantitative estimate of drug-likeness (QED) is 0.507. The minimum atomic E-state index is -4.29. The Balaban J connectivity index is 2.55. The lowest BCUT2D eigenvalue weighted by Crippen LogP contribution is -2.31. The number of nitrogens with two attached hydrogens (primary N) is 1. The Kier molecular flexibility index (Phi) is 2.86. The average molecular weight is 288 g/mol. The zero-order valence-corrected chi connectivity index (χ0v) is 10.2. The SMILES string of the molecule is Cc1[nH]c(=O)[nH]c(=O)c1S(=O)(=O)Nc1nonc1N. The molecule has 0 aliphatic carbocycles. The van der Waals surface area contributed by atoms with Gasteiger partial charge in [-0.1, -0.05) is 0 Å². The summed E-state index contributed by atoms with van der Waals surface area (Å²) in [5.41, 5.74) is 3.28. The zero-order chi connectivity index (χ0) is 14.2. The second-order valence-corrected chi connectivity index (χ2v) is 5.09. The summed E-state index contributed by atoms with van der Waals surface area (Å²) < 4.78 is 30.1. The van der Waals surface area contributed by atoms with Gasteiger partial charge in [0.25, 0.3) is 15.6 Å². The molecule has 12 heteroatoms. The Morgan fingerprint density at radius 2 is 1.95 bits per heavy atom. The maximum atomic E-state index is 12.0. The molecule has 0 aliphatic rings. The summed E-state index contributed by atoms with van der Waals surface area (Å²) in [7, 11) is -4.29. The van der Waals surface area contributed by atoms with E-state index in [4.69, 9.17) is 5.73 Å². The summed E-state index contributed by atoms with van der Waals surface area (Å²) in [5.74, 6) is -0.646. The van der Waals surface area contributed by atoms with E-state index in [1.165, 1.54) is 6.92 Å². The monoisotopic (exact) mass is 288 g/mol. The van der Waals surface area contributed by atoms with Crippen LogP contribution in [-0.4, -0.2) is 28.7 Å². The fourth-order valence-electron chi connectivity index (χ4n) is 1.36. The number of sulfonamides is 1. The molecular weight excluding hydrogens is 280 g/mol. The molecule has 5 N–H and O–H groups in total. The molecule has 19 heavy (non-hydrogen) atoms. The first-order valence-corrected chi connectivity index (χ1v) is 6.23. The number of H-pyrrole nitrogens is 2. The minimum absolute atomic E-state index is 0.128. The normalized spacial score (nSPS) is 11.4. The first-order valence-electron chi connectivity index (χ1n) is 4.75. The van der Waals surface area contributed by atoms with Gasteiger partial charge < -0.3 is 10.7 Å². The number of hydrogen-bond acceptors (Lipinski definition) is 8. The van der Waals surface area contributed by atoms with Crippen molar-refractivity contribution in [1.29, 1.82) is 0 Å². The van der Waals surface area contributed by atoms with Crippen molar-refractivity contribution in [2.45, 2.75) is 11.8 Å². The molecular formula is C7H8N6O5S. The van der Waals surface area contributed by atoms with Crippen LogP contribution in [0.3, 0.4) is 0 Å². The Bertz CT molecular complexity index is 830. The Hall–Kier alpha value is -2.63. The van der Waals surface area contributed by atoms with Gasteiger partial charge in [-0.15, -0.1) is 0 Å². The molecule has 2 heterocycles. The summed E-state index contributed by atoms with van der Waals surface area (Å²) >= 11 is 0.